The summed E-state index contributed by atoms with van der Waals surface area (Å²) in [5, 5.41) is 8.95. The van der Waals surface area contributed by atoms with E-state index in [0.29, 0.717) is 29.9 Å². The zero-order valence-electron chi connectivity index (χ0n) is 8.23. The highest BCUT2D eigenvalue weighted by Crippen LogP contribution is 2.26. The van der Waals surface area contributed by atoms with Crippen LogP contribution in [0.4, 0.5) is 11.4 Å². The van der Waals surface area contributed by atoms with Crippen molar-refractivity contribution < 1.29 is 4.79 Å². The summed E-state index contributed by atoms with van der Waals surface area (Å²) in [6.07, 6.45) is 1.42. The molecular formula is C11H11N3O. The van der Waals surface area contributed by atoms with Crippen LogP contribution in [-0.4, -0.2) is 12.5 Å². The Hall–Kier alpha value is -2.02. The maximum atomic E-state index is 11.5. The monoisotopic (exact) mass is 201 g/mol. The van der Waals surface area contributed by atoms with Gasteiger partial charge in [-0.25, -0.2) is 0 Å². The Balaban J connectivity index is 2.44. The number of carbonyl (C=O) groups is 1. The third-order valence-electron chi connectivity index (χ3n) is 2.51. The normalized spacial score (nSPS) is 15.4. The van der Waals surface area contributed by atoms with Gasteiger partial charge in [-0.3, -0.25) is 4.79 Å². The van der Waals surface area contributed by atoms with Crippen molar-refractivity contribution in [1.29, 1.82) is 5.26 Å². The molecule has 1 saturated heterocycles. The molecule has 1 aromatic carbocycles. The minimum absolute atomic E-state index is 0.0799. The van der Waals surface area contributed by atoms with E-state index in [2.05, 4.69) is 6.07 Å². The van der Waals surface area contributed by atoms with Gasteiger partial charge in [0.15, 0.2) is 0 Å². The molecule has 1 aliphatic rings. The van der Waals surface area contributed by atoms with E-state index in [1.54, 1.807) is 23.1 Å². The second-order valence-corrected chi connectivity index (χ2v) is 3.54. The number of nitriles is 1. The van der Waals surface area contributed by atoms with Gasteiger partial charge in [-0.2, -0.15) is 5.26 Å². The maximum absolute atomic E-state index is 11.5. The van der Waals surface area contributed by atoms with Crippen molar-refractivity contribution in [2.24, 2.45) is 0 Å². The number of anilines is 2. The molecule has 1 aliphatic heterocycles. The lowest BCUT2D eigenvalue weighted by atomic mass is 10.1. The number of amides is 1. The van der Waals surface area contributed by atoms with Gasteiger partial charge >= 0.3 is 0 Å². The molecule has 0 unspecified atom stereocenters. The smallest absolute Gasteiger partial charge is 0.227 e. The van der Waals surface area contributed by atoms with Crippen molar-refractivity contribution in [3.05, 3.63) is 23.8 Å². The fraction of sp³-hybridized carbons (Fsp3) is 0.273. The number of nitrogen functional groups attached to an aromatic ring is 1. The molecule has 4 nitrogen and oxygen atoms in total. The van der Waals surface area contributed by atoms with Gasteiger partial charge in [0.2, 0.25) is 5.91 Å². The molecule has 0 spiro atoms. The van der Waals surface area contributed by atoms with E-state index in [1.165, 1.54) is 0 Å². The topological polar surface area (TPSA) is 70.1 Å². The number of rotatable bonds is 1. The number of hydrogen-bond acceptors (Lipinski definition) is 3. The number of hydrogen-bond donors (Lipinski definition) is 1. The molecule has 0 radical (unpaired) electrons. The Kier molecular flexibility index (Phi) is 2.30. The molecule has 1 amide bonds. The van der Waals surface area contributed by atoms with E-state index < -0.39 is 0 Å². The molecule has 4 heteroatoms. The Morgan fingerprint density at radius 2 is 2.27 bits per heavy atom. The molecule has 1 aromatic rings. The standard InChI is InChI=1S/C11H11N3O/c12-7-8-6-9(13)3-4-10(8)14-5-1-2-11(14)15/h3-4,6H,1-2,5,13H2. The summed E-state index contributed by atoms with van der Waals surface area (Å²) < 4.78 is 0. The van der Waals surface area contributed by atoms with E-state index in [1.807, 2.05) is 0 Å². The first kappa shape index (κ1) is 9.53. The van der Waals surface area contributed by atoms with Crippen LogP contribution in [0.1, 0.15) is 18.4 Å². The molecule has 1 heterocycles. The van der Waals surface area contributed by atoms with Crippen molar-refractivity contribution >= 4 is 17.3 Å². The van der Waals surface area contributed by atoms with Crippen LogP contribution >= 0.6 is 0 Å². The number of nitrogens with zero attached hydrogens (tertiary/aromatic N) is 2. The molecule has 0 aliphatic carbocycles. The summed E-state index contributed by atoms with van der Waals surface area (Å²) in [5.41, 5.74) is 7.26. The SMILES string of the molecule is N#Cc1cc(N)ccc1N1CCCC1=O. The molecule has 2 rings (SSSR count). The second kappa shape index (κ2) is 3.62. The van der Waals surface area contributed by atoms with Crippen LogP contribution in [0.3, 0.4) is 0 Å². The third kappa shape index (κ3) is 1.64. The van der Waals surface area contributed by atoms with Crippen molar-refractivity contribution in [2.45, 2.75) is 12.8 Å². The van der Waals surface area contributed by atoms with Crippen LogP contribution < -0.4 is 10.6 Å². The van der Waals surface area contributed by atoms with Crippen molar-refractivity contribution in [3.8, 4) is 6.07 Å². The summed E-state index contributed by atoms with van der Waals surface area (Å²) >= 11 is 0. The van der Waals surface area contributed by atoms with E-state index in [-0.39, 0.29) is 5.91 Å². The molecule has 0 bridgehead atoms. The quantitative estimate of drug-likeness (QED) is 0.695. The van der Waals surface area contributed by atoms with E-state index in [0.717, 1.165) is 6.42 Å². The Bertz CT molecular complexity index is 448. The summed E-state index contributed by atoms with van der Waals surface area (Å²) in [6, 6.07) is 7.10. The lowest BCUT2D eigenvalue weighted by Crippen LogP contribution is -2.24. The molecular weight excluding hydrogens is 190 g/mol. The average Bonchev–Trinajstić information content (AvgIpc) is 2.64. The van der Waals surface area contributed by atoms with Crippen LogP contribution in [0.2, 0.25) is 0 Å². The number of carbonyl (C=O) groups excluding carboxylic acids is 1. The fourth-order valence-electron chi connectivity index (χ4n) is 1.78. The lowest BCUT2D eigenvalue weighted by Gasteiger charge is -2.17. The molecule has 0 saturated carbocycles. The zero-order chi connectivity index (χ0) is 10.8. The highest BCUT2D eigenvalue weighted by molar-refractivity contribution is 5.96. The van der Waals surface area contributed by atoms with Gasteiger partial charge in [-0.1, -0.05) is 0 Å². The van der Waals surface area contributed by atoms with Crippen molar-refractivity contribution in [2.75, 3.05) is 17.2 Å². The van der Waals surface area contributed by atoms with Crippen molar-refractivity contribution in [1.82, 2.24) is 0 Å². The number of nitrogens with two attached hydrogens (primary N) is 1. The maximum Gasteiger partial charge on any atom is 0.227 e. The largest absolute Gasteiger partial charge is 0.399 e. The first-order valence-electron chi connectivity index (χ1n) is 4.82. The fourth-order valence-corrected chi connectivity index (χ4v) is 1.78. The predicted octanol–water partition coefficient (Wildman–Crippen LogP) is 1.27. The first-order valence-corrected chi connectivity index (χ1v) is 4.82. The summed E-state index contributed by atoms with van der Waals surface area (Å²) in [6.45, 7) is 0.692. The highest BCUT2D eigenvalue weighted by Gasteiger charge is 2.23. The summed E-state index contributed by atoms with van der Waals surface area (Å²) in [5.74, 6) is 0.0799. The van der Waals surface area contributed by atoms with Gasteiger partial charge in [0.05, 0.1) is 11.3 Å². The third-order valence-corrected chi connectivity index (χ3v) is 2.51. The lowest BCUT2D eigenvalue weighted by molar-refractivity contribution is -0.117. The number of benzene rings is 1. The van der Waals surface area contributed by atoms with Gasteiger partial charge in [0.25, 0.3) is 0 Å². The molecule has 0 aromatic heterocycles. The molecule has 1 fully saturated rings. The van der Waals surface area contributed by atoms with E-state index >= 15 is 0 Å². The zero-order valence-corrected chi connectivity index (χ0v) is 8.23. The first-order chi connectivity index (χ1) is 7.22. The van der Waals surface area contributed by atoms with Gasteiger partial charge < -0.3 is 10.6 Å². The molecule has 76 valence electrons. The minimum Gasteiger partial charge on any atom is -0.399 e. The Morgan fingerprint density at radius 1 is 1.47 bits per heavy atom. The molecule has 15 heavy (non-hydrogen) atoms. The van der Waals surface area contributed by atoms with E-state index in [4.69, 9.17) is 11.0 Å². The Labute approximate surface area is 87.9 Å². The summed E-state index contributed by atoms with van der Waals surface area (Å²) in [7, 11) is 0. The predicted molar refractivity (Wildman–Crippen MR) is 57.2 cm³/mol. The average molecular weight is 201 g/mol. The van der Waals surface area contributed by atoms with Crippen LogP contribution in [0.25, 0.3) is 0 Å². The van der Waals surface area contributed by atoms with Crippen LogP contribution in [0.15, 0.2) is 18.2 Å². The molecule has 0 atom stereocenters. The van der Waals surface area contributed by atoms with Gasteiger partial charge in [-0.15, -0.1) is 0 Å². The highest BCUT2D eigenvalue weighted by atomic mass is 16.2. The van der Waals surface area contributed by atoms with Gasteiger partial charge in [-0.05, 0) is 24.6 Å². The van der Waals surface area contributed by atoms with Crippen LogP contribution in [0, 0.1) is 11.3 Å². The molecule has 2 N–H and O–H groups in total. The Morgan fingerprint density at radius 3 is 2.87 bits per heavy atom. The minimum atomic E-state index is 0.0799. The van der Waals surface area contributed by atoms with Gasteiger partial charge in [0.1, 0.15) is 6.07 Å². The second-order valence-electron chi connectivity index (χ2n) is 3.54. The summed E-state index contributed by atoms with van der Waals surface area (Å²) in [4.78, 5) is 13.2. The van der Waals surface area contributed by atoms with Crippen molar-refractivity contribution in [3.63, 3.8) is 0 Å². The van der Waals surface area contributed by atoms with Gasteiger partial charge in [0, 0.05) is 18.7 Å². The van der Waals surface area contributed by atoms with E-state index in [9.17, 15) is 4.79 Å². The van der Waals surface area contributed by atoms with Crippen LogP contribution in [0.5, 0.6) is 0 Å². The van der Waals surface area contributed by atoms with Crippen LogP contribution in [-0.2, 0) is 4.79 Å².